The van der Waals surface area contributed by atoms with Crippen LogP contribution in [0.5, 0.6) is 0 Å². The molecular weight excluding hydrogens is 312 g/mol. The van der Waals surface area contributed by atoms with E-state index < -0.39 is 22.9 Å². The molecule has 1 atom stereocenters. The summed E-state index contributed by atoms with van der Waals surface area (Å²) in [6.07, 6.45) is -1.04. The highest BCUT2D eigenvalue weighted by Crippen LogP contribution is 2.17. The first-order chi connectivity index (χ1) is 11.4. The largest absolute Gasteiger partial charge is 0.449 e. The maximum absolute atomic E-state index is 12.1. The van der Waals surface area contributed by atoms with Crippen molar-refractivity contribution >= 4 is 23.3 Å². The van der Waals surface area contributed by atoms with Gasteiger partial charge >= 0.3 is 5.97 Å². The molecule has 0 spiro atoms. The van der Waals surface area contributed by atoms with E-state index in [0.29, 0.717) is 5.56 Å². The molecule has 0 saturated carbocycles. The third-order valence-corrected chi connectivity index (χ3v) is 3.26. The topological polar surface area (TPSA) is 98.5 Å². The highest BCUT2D eigenvalue weighted by molar-refractivity contribution is 5.97. The van der Waals surface area contributed by atoms with Gasteiger partial charge in [-0.2, -0.15) is 0 Å². The highest BCUT2D eigenvalue weighted by Gasteiger charge is 2.19. The zero-order valence-electron chi connectivity index (χ0n) is 13.2. The fourth-order valence-corrected chi connectivity index (χ4v) is 1.91. The van der Waals surface area contributed by atoms with Gasteiger partial charge in [0, 0.05) is 17.8 Å². The van der Waals surface area contributed by atoms with Crippen LogP contribution in [0.3, 0.4) is 0 Å². The summed E-state index contributed by atoms with van der Waals surface area (Å²) in [6, 6.07) is 12.3. The van der Waals surface area contributed by atoms with Gasteiger partial charge in [0.15, 0.2) is 6.10 Å². The molecule has 0 unspecified atom stereocenters. The molecule has 0 heterocycles. The number of nitrogens with zero attached hydrogens (tertiary/aromatic N) is 1. The maximum Gasteiger partial charge on any atom is 0.338 e. The number of anilines is 1. The molecule has 24 heavy (non-hydrogen) atoms. The number of carbonyl (C=O) groups excluding carboxylic acids is 2. The molecule has 0 saturated heterocycles. The van der Waals surface area contributed by atoms with Crippen LogP contribution in [0.2, 0.25) is 0 Å². The molecule has 0 aliphatic heterocycles. The van der Waals surface area contributed by atoms with Crippen LogP contribution in [0.4, 0.5) is 11.4 Å². The summed E-state index contributed by atoms with van der Waals surface area (Å²) in [7, 11) is 0. The van der Waals surface area contributed by atoms with Crippen molar-refractivity contribution in [2.24, 2.45) is 0 Å². The van der Waals surface area contributed by atoms with E-state index in [1.807, 2.05) is 6.92 Å². The van der Waals surface area contributed by atoms with Crippen LogP contribution in [0.1, 0.15) is 22.8 Å². The average molecular weight is 328 g/mol. The number of nitro groups is 1. The molecule has 2 aromatic carbocycles. The summed E-state index contributed by atoms with van der Waals surface area (Å²) in [5.74, 6) is -1.19. The Kier molecular flexibility index (Phi) is 5.26. The van der Waals surface area contributed by atoms with Gasteiger partial charge in [-0.15, -0.1) is 0 Å². The first-order valence-corrected chi connectivity index (χ1v) is 7.20. The van der Waals surface area contributed by atoms with Gasteiger partial charge in [-0.1, -0.05) is 23.8 Å². The third kappa shape index (κ3) is 4.39. The van der Waals surface area contributed by atoms with Gasteiger partial charge in [0.05, 0.1) is 10.5 Å². The average Bonchev–Trinajstić information content (AvgIpc) is 2.55. The molecule has 0 aromatic heterocycles. The molecule has 0 radical (unpaired) electrons. The van der Waals surface area contributed by atoms with E-state index in [1.54, 1.807) is 24.3 Å². The summed E-state index contributed by atoms with van der Waals surface area (Å²) in [6.45, 7) is 3.32. The number of aryl methyl sites for hydroxylation is 1. The van der Waals surface area contributed by atoms with Gasteiger partial charge in [0.2, 0.25) is 0 Å². The van der Waals surface area contributed by atoms with E-state index in [1.165, 1.54) is 31.2 Å². The summed E-state index contributed by atoms with van der Waals surface area (Å²) in [5, 5.41) is 13.2. The molecule has 0 aliphatic rings. The number of rotatable bonds is 5. The zero-order valence-corrected chi connectivity index (χ0v) is 13.2. The quantitative estimate of drug-likeness (QED) is 0.516. The number of hydrogen-bond acceptors (Lipinski definition) is 5. The Bertz CT molecular complexity index is 771. The van der Waals surface area contributed by atoms with Crippen LogP contribution in [0.25, 0.3) is 0 Å². The minimum absolute atomic E-state index is 0.142. The van der Waals surface area contributed by atoms with E-state index in [4.69, 9.17) is 4.74 Å². The number of hydrogen-bond donors (Lipinski definition) is 1. The Hall–Kier alpha value is -3.22. The molecule has 2 rings (SSSR count). The normalized spacial score (nSPS) is 11.4. The molecule has 0 fully saturated rings. The number of nitro benzene ring substituents is 1. The van der Waals surface area contributed by atoms with E-state index in [0.717, 1.165) is 5.56 Å². The Balaban J connectivity index is 1.99. The minimum Gasteiger partial charge on any atom is -0.449 e. The number of non-ortho nitro benzene ring substituents is 1. The van der Waals surface area contributed by atoms with Crippen molar-refractivity contribution < 1.29 is 19.2 Å². The number of carbonyl (C=O) groups is 2. The van der Waals surface area contributed by atoms with Gasteiger partial charge in [-0.25, -0.2) is 4.79 Å². The molecule has 124 valence electrons. The van der Waals surface area contributed by atoms with Crippen molar-refractivity contribution in [1.82, 2.24) is 0 Å². The summed E-state index contributed by atoms with van der Waals surface area (Å²) in [5.41, 5.74) is 1.46. The predicted octanol–water partition coefficient (Wildman–Crippen LogP) is 3.09. The van der Waals surface area contributed by atoms with Crippen LogP contribution in [-0.4, -0.2) is 22.9 Å². The highest BCUT2D eigenvalue weighted by atomic mass is 16.6. The van der Waals surface area contributed by atoms with E-state index in [2.05, 4.69) is 5.32 Å². The van der Waals surface area contributed by atoms with Crippen LogP contribution in [-0.2, 0) is 9.53 Å². The summed E-state index contributed by atoms with van der Waals surface area (Å²) >= 11 is 0. The van der Waals surface area contributed by atoms with Crippen LogP contribution >= 0.6 is 0 Å². The van der Waals surface area contributed by atoms with Crippen molar-refractivity contribution in [3.8, 4) is 0 Å². The first kappa shape index (κ1) is 17.1. The van der Waals surface area contributed by atoms with Crippen molar-refractivity contribution in [3.05, 3.63) is 69.8 Å². The van der Waals surface area contributed by atoms with E-state index in [-0.39, 0.29) is 11.4 Å². The lowest BCUT2D eigenvalue weighted by Gasteiger charge is -2.13. The standard InChI is InChI=1S/C17H16N2O5/c1-11-6-8-13(9-7-11)17(21)24-12(2)16(20)18-14-4-3-5-15(10-14)19(22)23/h3-10,12H,1-2H3,(H,18,20)/t12-/m0/s1. The van der Waals surface area contributed by atoms with Gasteiger partial charge in [-0.3, -0.25) is 14.9 Å². The van der Waals surface area contributed by atoms with Crippen LogP contribution in [0.15, 0.2) is 48.5 Å². The molecule has 1 N–H and O–H groups in total. The van der Waals surface area contributed by atoms with Gasteiger partial charge in [0.1, 0.15) is 0 Å². The van der Waals surface area contributed by atoms with Gasteiger partial charge in [-0.05, 0) is 32.0 Å². The Morgan fingerprint density at radius 3 is 2.46 bits per heavy atom. The monoisotopic (exact) mass is 328 g/mol. The second-order valence-corrected chi connectivity index (χ2v) is 5.21. The van der Waals surface area contributed by atoms with Crippen molar-refractivity contribution in [2.75, 3.05) is 5.32 Å². The third-order valence-electron chi connectivity index (χ3n) is 3.26. The smallest absolute Gasteiger partial charge is 0.338 e. The lowest BCUT2D eigenvalue weighted by Crippen LogP contribution is -2.30. The Labute approximate surface area is 138 Å². The molecule has 0 aliphatic carbocycles. The summed E-state index contributed by atoms with van der Waals surface area (Å²) in [4.78, 5) is 34.2. The SMILES string of the molecule is Cc1ccc(C(=O)O[C@@H](C)C(=O)Nc2cccc([N+](=O)[O-])c2)cc1. The lowest BCUT2D eigenvalue weighted by molar-refractivity contribution is -0.384. The second-order valence-electron chi connectivity index (χ2n) is 5.21. The Morgan fingerprint density at radius 1 is 1.17 bits per heavy atom. The predicted molar refractivity (Wildman–Crippen MR) is 87.8 cm³/mol. The second kappa shape index (κ2) is 7.36. The zero-order chi connectivity index (χ0) is 17.7. The molecule has 0 bridgehead atoms. The fourth-order valence-electron chi connectivity index (χ4n) is 1.91. The molecule has 1 amide bonds. The number of amides is 1. The number of nitrogens with one attached hydrogen (secondary N) is 1. The number of esters is 1. The molecule has 2 aromatic rings. The van der Waals surface area contributed by atoms with E-state index >= 15 is 0 Å². The molecule has 7 nitrogen and oxygen atoms in total. The van der Waals surface area contributed by atoms with Gasteiger partial charge < -0.3 is 10.1 Å². The first-order valence-electron chi connectivity index (χ1n) is 7.20. The molecular formula is C17H16N2O5. The number of benzene rings is 2. The maximum atomic E-state index is 12.1. The van der Waals surface area contributed by atoms with Crippen molar-refractivity contribution in [1.29, 1.82) is 0 Å². The van der Waals surface area contributed by atoms with Crippen molar-refractivity contribution in [2.45, 2.75) is 20.0 Å². The van der Waals surface area contributed by atoms with Gasteiger partial charge in [0.25, 0.3) is 11.6 Å². The molecule has 7 heteroatoms. The Morgan fingerprint density at radius 2 is 1.83 bits per heavy atom. The number of ether oxygens (including phenoxy) is 1. The minimum atomic E-state index is -1.04. The lowest BCUT2D eigenvalue weighted by atomic mass is 10.1. The summed E-state index contributed by atoms with van der Waals surface area (Å²) < 4.78 is 5.10. The van der Waals surface area contributed by atoms with E-state index in [9.17, 15) is 19.7 Å². The van der Waals surface area contributed by atoms with Crippen molar-refractivity contribution in [3.63, 3.8) is 0 Å². The van der Waals surface area contributed by atoms with Crippen LogP contribution < -0.4 is 5.32 Å². The van der Waals surface area contributed by atoms with Crippen LogP contribution in [0, 0.1) is 17.0 Å². The fraction of sp³-hybridized carbons (Fsp3) is 0.176.